The quantitative estimate of drug-likeness (QED) is 0.907. The fourth-order valence-corrected chi connectivity index (χ4v) is 2.73. The topological polar surface area (TPSA) is 29.9 Å². The standard InChI is InChI=1S/C16H21N3/c1-12(2)11-13-3-5-14(6-4-13)15-7-9-19-10-8-17-16(19)18-15/h3-6,8,10,12,15H,7,9,11H2,1-2H3,(H,17,18). The molecule has 0 bridgehead atoms. The van der Waals surface area contributed by atoms with Gasteiger partial charge < -0.3 is 9.88 Å². The Morgan fingerprint density at radius 1 is 1.32 bits per heavy atom. The Morgan fingerprint density at radius 2 is 2.11 bits per heavy atom. The molecular weight excluding hydrogens is 234 g/mol. The first-order chi connectivity index (χ1) is 9.22. The molecule has 0 radical (unpaired) electrons. The summed E-state index contributed by atoms with van der Waals surface area (Å²) in [6.45, 7) is 5.56. The second kappa shape index (κ2) is 5.08. The predicted molar refractivity (Wildman–Crippen MR) is 78.2 cm³/mol. The van der Waals surface area contributed by atoms with Gasteiger partial charge in [-0.1, -0.05) is 38.1 Å². The number of benzene rings is 1. The lowest BCUT2D eigenvalue weighted by Gasteiger charge is -2.26. The number of anilines is 1. The van der Waals surface area contributed by atoms with Gasteiger partial charge in [0.05, 0.1) is 6.04 Å². The van der Waals surface area contributed by atoms with Crippen LogP contribution in [-0.4, -0.2) is 9.55 Å². The molecule has 19 heavy (non-hydrogen) atoms. The van der Waals surface area contributed by atoms with E-state index in [9.17, 15) is 0 Å². The molecule has 1 aromatic heterocycles. The van der Waals surface area contributed by atoms with Crippen molar-refractivity contribution in [1.82, 2.24) is 9.55 Å². The summed E-state index contributed by atoms with van der Waals surface area (Å²) < 4.78 is 2.17. The number of nitrogens with zero attached hydrogens (tertiary/aromatic N) is 2. The van der Waals surface area contributed by atoms with Gasteiger partial charge in [0, 0.05) is 18.9 Å². The van der Waals surface area contributed by atoms with Crippen molar-refractivity contribution in [2.45, 2.75) is 39.3 Å². The Kier molecular flexibility index (Phi) is 3.28. The monoisotopic (exact) mass is 255 g/mol. The smallest absolute Gasteiger partial charge is 0.203 e. The molecular formula is C16H21N3. The van der Waals surface area contributed by atoms with E-state index in [0.29, 0.717) is 12.0 Å². The van der Waals surface area contributed by atoms with Crippen LogP contribution in [0.3, 0.4) is 0 Å². The Bertz CT molecular complexity index is 539. The third-order valence-corrected chi connectivity index (χ3v) is 3.70. The van der Waals surface area contributed by atoms with Gasteiger partial charge in [0.15, 0.2) is 0 Å². The molecule has 1 aliphatic rings. The van der Waals surface area contributed by atoms with Crippen molar-refractivity contribution in [2.75, 3.05) is 5.32 Å². The summed E-state index contributed by atoms with van der Waals surface area (Å²) >= 11 is 0. The molecule has 0 amide bonds. The molecule has 0 fully saturated rings. The highest BCUT2D eigenvalue weighted by Crippen LogP contribution is 2.27. The van der Waals surface area contributed by atoms with E-state index in [0.717, 1.165) is 25.3 Å². The van der Waals surface area contributed by atoms with E-state index >= 15 is 0 Å². The van der Waals surface area contributed by atoms with Gasteiger partial charge in [-0.05, 0) is 29.9 Å². The normalized spacial score (nSPS) is 18.2. The molecule has 2 heterocycles. The molecule has 0 spiro atoms. The number of aryl methyl sites for hydroxylation is 1. The lowest BCUT2D eigenvalue weighted by molar-refractivity contribution is 0.542. The number of nitrogens with one attached hydrogen (secondary N) is 1. The molecule has 1 aromatic carbocycles. The SMILES string of the molecule is CC(C)Cc1ccc(C2CCn3ccnc3N2)cc1. The molecule has 2 aromatic rings. The van der Waals surface area contributed by atoms with Crippen molar-refractivity contribution < 1.29 is 0 Å². The molecule has 1 N–H and O–H groups in total. The van der Waals surface area contributed by atoms with E-state index in [1.807, 2.05) is 12.4 Å². The molecule has 3 nitrogen and oxygen atoms in total. The summed E-state index contributed by atoms with van der Waals surface area (Å²) in [6, 6.07) is 9.43. The fraction of sp³-hybridized carbons (Fsp3) is 0.438. The average Bonchev–Trinajstić information content (AvgIpc) is 2.86. The van der Waals surface area contributed by atoms with Crippen molar-refractivity contribution in [1.29, 1.82) is 0 Å². The van der Waals surface area contributed by atoms with Gasteiger partial charge in [-0.25, -0.2) is 4.98 Å². The van der Waals surface area contributed by atoms with E-state index in [-0.39, 0.29) is 0 Å². The van der Waals surface area contributed by atoms with Crippen LogP contribution in [0.15, 0.2) is 36.7 Å². The Morgan fingerprint density at radius 3 is 2.84 bits per heavy atom. The van der Waals surface area contributed by atoms with Crippen molar-refractivity contribution in [3.63, 3.8) is 0 Å². The third kappa shape index (κ3) is 2.65. The number of hydrogen-bond acceptors (Lipinski definition) is 2. The minimum absolute atomic E-state index is 0.392. The largest absolute Gasteiger partial charge is 0.349 e. The summed E-state index contributed by atoms with van der Waals surface area (Å²) in [4.78, 5) is 4.34. The molecule has 1 atom stereocenters. The average molecular weight is 255 g/mol. The molecule has 0 aliphatic carbocycles. The Labute approximate surface area is 114 Å². The van der Waals surface area contributed by atoms with E-state index in [1.54, 1.807) is 0 Å². The minimum Gasteiger partial charge on any atom is -0.349 e. The number of fused-ring (bicyclic) bond motifs is 1. The first kappa shape index (κ1) is 12.3. The zero-order valence-corrected chi connectivity index (χ0v) is 11.6. The van der Waals surface area contributed by atoms with Crippen LogP contribution in [-0.2, 0) is 13.0 Å². The predicted octanol–water partition coefficient (Wildman–Crippen LogP) is 3.64. The molecule has 100 valence electrons. The molecule has 0 saturated heterocycles. The van der Waals surface area contributed by atoms with Crippen molar-refractivity contribution >= 4 is 5.95 Å². The second-order valence-corrected chi connectivity index (χ2v) is 5.77. The van der Waals surface area contributed by atoms with Gasteiger partial charge in [0.2, 0.25) is 5.95 Å². The van der Waals surface area contributed by atoms with Crippen LogP contribution in [0.2, 0.25) is 0 Å². The maximum Gasteiger partial charge on any atom is 0.203 e. The summed E-state index contributed by atoms with van der Waals surface area (Å²) in [5.41, 5.74) is 2.79. The second-order valence-electron chi connectivity index (χ2n) is 5.77. The summed E-state index contributed by atoms with van der Waals surface area (Å²) in [7, 11) is 0. The summed E-state index contributed by atoms with van der Waals surface area (Å²) in [5.74, 6) is 1.70. The van der Waals surface area contributed by atoms with Crippen LogP contribution in [0.1, 0.15) is 37.4 Å². The van der Waals surface area contributed by atoms with Crippen LogP contribution in [0, 0.1) is 5.92 Å². The number of hydrogen-bond donors (Lipinski definition) is 1. The van der Waals surface area contributed by atoms with Crippen LogP contribution < -0.4 is 5.32 Å². The van der Waals surface area contributed by atoms with Crippen molar-refractivity contribution in [3.8, 4) is 0 Å². The summed E-state index contributed by atoms with van der Waals surface area (Å²) in [5, 5.41) is 3.51. The maximum atomic E-state index is 4.34. The molecule has 1 aliphatic heterocycles. The number of rotatable bonds is 3. The number of imidazole rings is 1. The first-order valence-electron chi connectivity index (χ1n) is 7.09. The lowest BCUT2D eigenvalue weighted by Crippen LogP contribution is -2.21. The van der Waals surface area contributed by atoms with E-state index in [2.05, 4.69) is 53.0 Å². The fourth-order valence-electron chi connectivity index (χ4n) is 2.73. The van der Waals surface area contributed by atoms with Crippen LogP contribution in [0.5, 0.6) is 0 Å². The van der Waals surface area contributed by atoms with Crippen LogP contribution >= 0.6 is 0 Å². The highest BCUT2D eigenvalue weighted by Gasteiger charge is 2.19. The highest BCUT2D eigenvalue weighted by molar-refractivity contribution is 5.36. The highest BCUT2D eigenvalue weighted by atomic mass is 15.2. The molecule has 1 unspecified atom stereocenters. The lowest BCUT2D eigenvalue weighted by atomic mass is 9.98. The van der Waals surface area contributed by atoms with Gasteiger partial charge in [-0.15, -0.1) is 0 Å². The summed E-state index contributed by atoms with van der Waals surface area (Å²) in [6.07, 6.45) is 6.16. The van der Waals surface area contributed by atoms with Crippen LogP contribution in [0.25, 0.3) is 0 Å². The van der Waals surface area contributed by atoms with E-state index in [4.69, 9.17) is 0 Å². The maximum absolute atomic E-state index is 4.34. The van der Waals surface area contributed by atoms with E-state index in [1.165, 1.54) is 11.1 Å². The Hall–Kier alpha value is -1.77. The zero-order valence-electron chi connectivity index (χ0n) is 11.6. The first-order valence-corrected chi connectivity index (χ1v) is 7.09. The van der Waals surface area contributed by atoms with Crippen molar-refractivity contribution in [2.24, 2.45) is 5.92 Å². The minimum atomic E-state index is 0.392. The van der Waals surface area contributed by atoms with Crippen molar-refractivity contribution in [3.05, 3.63) is 47.8 Å². The van der Waals surface area contributed by atoms with Gasteiger partial charge in [0.1, 0.15) is 0 Å². The van der Waals surface area contributed by atoms with Gasteiger partial charge in [-0.3, -0.25) is 0 Å². The zero-order chi connectivity index (χ0) is 13.2. The van der Waals surface area contributed by atoms with Gasteiger partial charge in [-0.2, -0.15) is 0 Å². The molecule has 0 saturated carbocycles. The van der Waals surface area contributed by atoms with Crippen LogP contribution in [0.4, 0.5) is 5.95 Å². The molecule has 3 rings (SSSR count). The Balaban J connectivity index is 1.73. The van der Waals surface area contributed by atoms with Gasteiger partial charge >= 0.3 is 0 Å². The number of aromatic nitrogens is 2. The molecule has 3 heteroatoms. The van der Waals surface area contributed by atoms with Gasteiger partial charge in [0.25, 0.3) is 0 Å². The van der Waals surface area contributed by atoms with E-state index < -0.39 is 0 Å². The third-order valence-electron chi connectivity index (χ3n) is 3.70.